The number of non-ortho nitro benzene ring substituents is 1. The Balaban J connectivity index is 1.95. The smallest absolute Gasteiger partial charge is 0.363 e. The molecule has 0 bridgehead atoms. The van der Waals surface area contributed by atoms with E-state index in [1.165, 1.54) is 18.2 Å². The lowest BCUT2D eigenvalue weighted by atomic mass is 10.2. The number of aromatic nitrogens is 1. The molecule has 1 aliphatic heterocycles. The van der Waals surface area contributed by atoms with Crippen molar-refractivity contribution in [3.8, 4) is 0 Å². The Hall–Kier alpha value is -3.35. The number of ether oxygens (including phenoxy) is 1. The van der Waals surface area contributed by atoms with Crippen LogP contribution >= 0.6 is 0 Å². The summed E-state index contributed by atoms with van der Waals surface area (Å²) in [6.45, 7) is 0. The average molecular weight is 295 g/mol. The van der Waals surface area contributed by atoms with Gasteiger partial charge in [0.15, 0.2) is 5.70 Å². The molecule has 0 fully saturated rings. The van der Waals surface area contributed by atoms with Crippen LogP contribution in [0.4, 0.5) is 5.69 Å². The Morgan fingerprint density at radius 3 is 2.68 bits per heavy atom. The molecule has 108 valence electrons. The highest BCUT2D eigenvalue weighted by molar-refractivity contribution is 6.13. The molecule has 0 atom stereocenters. The second kappa shape index (κ2) is 5.57. The standard InChI is InChI=1S/C15H9N3O4/c19-15-13(8-10-4-6-16-7-5-10)17-14(22-15)11-2-1-3-12(9-11)18(20)21/h1-9H/b13-8-. The first-order valence-electron chi connectivity index (χ1n) is 6.31. The third-order valence-electron chi connectivity index (χ3n) is 2.93. The maximum atomic E-state index is 11.8. The fourth-order valence-corrected chi connectivity index (χ4v) is 1.90. The molecule has 0 N–H and O–H groups in total. The van der Waals surface area contributed by atoms with Crippen LogP contribution in [-0.4, -0.2) is 21.8 Å². The zero-order valence-electron chi connectivity index (χ0n) is 11.2. The van der Waals surface area contributed by atoms with E-state index in [9.17, 15) is 14.9 Å². The third kappa shape index (κ3) is 2.73. The van der Waals surface area contributed by atoms with Gasteiger partial charge in [0.1, 0.15) is 0 Å². The third-order valence-corrected chi connectivity index (χ3v) is 2.93. The first-order valence-corrected chi connectivity index (χ1v) is 6.31. The summed E-state index contributed by atoms with van der Waals surface area (Å²) in [6, 6.07) is 9.21. The van der Waals surface area contributed by atoms with Crippen LogP contribution in [0.2, 0.25) is 0 Å². The molecule has 22 heavy (non-hydrogen) atoms. The Morgan fingerprint density at radius 1 is 1.18 bits per heavy atom. The minimum Gasteiger partial charge on any atom is -0.402 e. The van der Waals surface area contributed by atoms with E-state index in [1.807, 2.05) is 0 Å². The molecule has 0 aliphatic carbocycles. The quantitative estimate of drug-likeness (QED) is 0.375. The number of hydrogen-bond acceptors (Lipinski definition) is 6. The number of rotatable bonds is 3. The maximum absolute atomic E-state index is 11.8. The van der Waals surface area contributed by atoms with E-state index < -0.39 is 10.9 Å². The highest BCUT2D eigenvalue weighted by Gasteiger charge is 2.25. The van der Waals surface area contributed by atoms with Crippen LogP contribution in [0.3, 0.4) is 0 Å². The van der Waals surface area contributed by atoms with Crippen molar-refractivity contribution >= 4 is 23.6 Å². The predicted octanol–water partition coefficient (Wildman–Crippen LogP) is 2.33. The Kier molecular flexibility index (Phi) is 3.45. The molecule has 2 heterocycles. The number of esters is 1. The molecule has 2 aromatic rings. The number of carbonyl (C=O) groups is 1. The fraction of sp³-hybridized carbons (Fsp3) is 0. The predicted molar refractivity (Wildman–Crippen MR) is 77.9 cm³/mol. The van der Waals surface area contributed by atoms with Gasteiger partial charge in [0.05, 0.1) is 4.92 Å². The Bertz CT molecular complexity index is 813. The summed E-state index contributed by atoms with van der Waals surface area (Å²) in [5, 5.41) is 10.8. The molecule has 0 saturated carbocycles. The number of pyridine rings is 1. The average Bonchev–Trinajstić information content (AvgIpc) is 2.89. The number of nitrogens with zero attached hydrogens (tertiary/aromatic N) is 3. The molecule has 1 aliphatic rings. The van der Waals surface area contributed by atoms with Gasteiger partial charge in [-0.1, -0.05) is 6.07 Å². The first-order chi connectivity index (χ1) is 10.6. The number of aliphatic imine (C=N–C) groups is 1. The van der Waals surface area contributed by atoms with Gasteiger partial charge in [-0.25, -0.2) is 9.79 Å². The normalized spacial score (nSPS) is 15.5. The largest absolute Gasteiger partial charge is 0.402 e. The van der Waals surface area contributed by atoms with Gasteiger partial charge in [0.2, 0.25) is 5.90 Å². The molecule has 0 radical (unpaired) electrons. The Morgan fingerprint density at radius 2 is 1.95 bits per heavy atom. The van der Waals surface area contributed by atoms with Gasteiger partial charge >= 0.3 is 5.97 Å². The maximum Gasteiger partial charge on any atom is 0.363 e. The topological polar surface area (TPSA) is 94.7 Å². The van der Waals surface area contributed by atoms with Crippen LogP contribution in [-0.2, 0) is 9.53 Å². The van der Waals surface area contributed by atoms with E-state index in [1.54, 1.807) is 36.7 Å². The number of hydrogen-bond donors (Lipinski definition) is 0. The lowest BCUT2D eigenvalue weighted by Crippen LogP contribution is -2.05. The molecule has 0 amide bonds. The lowest BCUT2D eigenvalue weighted by Gasteiger charge is -1.98. The van der Waals surface area contributed by atoms with Crippen molar-refractivity contribution in [1.82, 2.24) is 4.98 Å². The van der Waals surface area contributed by atoms with Gasteiger partial charge in [0.25, 0.3) is 5.69 Å². The van der Waals surface area contributed by atoms with Crippen molar-refractivity contribution in [2.45, 2.75) is 0 Å². The second-order valence-corrected chi connectivity index (χ2v) is 4.42. The molecular weight excluding hydrogens is 286 g/mol. The lowest BCUT2D eigenvalue weighted by molar-refractivity contribution is -0.384. The van der Waals surface area contributed by atoms with Gasteiger partial charge in [0, 0.05) is 30.1 Å². The summed E-state index contributed by atoms with van der Waals surface area (Å²) < 4.78 is 5.07. The molecule has 3 rings (SSSR count). The van der Waals surface area contributed by atoms with E-state index in [2.05, 4.69) is 9.98 Å². The van der Waals surface area contributed by atoms with E-state index in [-0.39, 0.29) is 17.3 Å². The van der Waals surface area contributed by atoms with Gasteiger partial charge < -0.3 is 4.74 Å². The SMILES string of the molecule is O=C1OC(c2cccc([N+](=O)[O-])c2)=N/C1=C\c1ccncc1. The zero-order valence-corrected chi connectivity index (χ0v) is 11.2. The van der Waals surface area contributed by atoms with Crippen LogP contribution < -0.4 is 0 Å². The molecule has 0 saturated heterocycles. The van der Waals surface area contributed by atoms with Gasteiger partial charge in [-0.3, -0.25) is 15.1 Å². The number of nitro benzene ring substituents is 1. The van der Waals surface area contributed by atoms with Gasteiger partial charge in [-0.2, -0.15) is 0 Å². The van der Waals surface area contributed by atoms with Gasteiger partial charge in [-0.15, -0.1) is 0 Å². The Labute approximate surface area is 124 Å². The molecular formula is C15H9N3O4. The highest BCUT2D eigenvalue weighted by atomic mass is 16.6. The van der Waals surface area contributed by atoms with Crippen LogP contribution in [0.15, 0.2) is 59.5 Å². The number of cyclic esters (lactones) is 1. The summed E-state index contributed by atoms with van der Waals surface area (Å²) in [6.07, 6.45) is 4.75. The number of carbonyl (C=O) groups excluding carboxylic acids is 1. The van der Waals surface area contributed by atoms with Crippen molar-refractivity contribution in [1.29, 1.82) is 0 Å². The van der Waals surface area contributed by atoms with Crippen LogP contribution in [0.25, 0.3) is 6.08 Å². The minimum absolute atomic E-state index is 0.0500. The second-order valence-electron chi connectivity index (χ2n) is 4.42. The van der Waals surface area contributed by atoms with Crippen LogP contribution in [0, 0.1) is 10.1 Å². The molecule has 0 spiro atoms. The summed E-state index contributed by atoms with van der Waals surface area (Å²) >= 11 is 0. The number of benzene rings is 1. The van der Waals surface area contributed by atoms with Gasteiger partial charge in [-0.05, 0) is 29.8 Å². The van der Waals surface area contributed by atoms with Crippen molar-refractivity contribution in [2.24, 2.45) is 4.99 Å². The van der Waals surface area contributed by atoms with E-state index in [0.29, 0.717) is 5.56 Å². The van der Waals surface area contributed by atoms with E-state index in [4.69, 9.17) is 4.74 Å². The highest BCUT2D eigenvalue weighted by Crippen LogP contribution is 2.21. The summed E-state index contributed by atoms with van der Waals surface area (Å²) in [5.74, 6) is -0.549. The monoisotopic (exact) mass is 295 g/mol. The molecule has 7 heteroatoms. The van der Waals surface area contributed by atoms with E-state index >= 15 is 0 Å². The van der Waals surface area contributed by atoms with E-state index in [0.717, 1.165) is 5.56 Å². The first kappa shape index (κ1) is 13.6. The summed E-state index contributed by atoms with van der Waals surface area (Å²) in [7, 11) is 0. The van der Waals surface area contributed by atoms with Crippen LogP contribution in [0.1, 0.15) is 11.1 Å². The minimum atomic E-state index is -0.599. The molecule has 1 aromatic carbocycles. The molecule has 0 unspecified atom stereocenters. The van der Waals surface area contributed by atoms with Crippen molar-refractivity contribution in [2.75, 3.05) is 0 Å². The van der Waals surface area contributed by atoms with Crippen molar-refractivity contribution < 1.29 is 14.5 Å². The summed E-state index contributed by atoms with van der Waals surface area (Å²) in [4.78, 5) is 30.1. The zero-order chi connectivity index (χ0) is 15.5. The number of nitro groups is 1. The molecule has 1 aromatic heterocycles. The van der Waals surface area contributed by atoms with Crippen LogP contribution in [0.5, 0.6) is 0 Å². The van der Waals surface area contributed by atoms with Crippen molar-refractivity contribution in [3.63, 3.8) is 0 Å². The molecule has 7 nitrogen and oxygen atoms in total. The summed E-state index contributed by atoms with van der Waals surface area (Å²) in [5.41, 5.74) is 1.17. The fourth-order valence-electron chi connectivity index (χ4n) is 1.90. The van der Waals surface area contributed by atoms with Crippen molar-refractivity contribution in [3.05, 3.63) is 75.7 Å².